The molecule has 0 aromatic rings. The molecule has 0 aromatic heterocycles. The summed E-state index contributed by atoms with van der Waals surface area (Å²) < 4.78 is 0. The Morgan fingerprint density at radius 2 is 0.818 bits per heavy atom. The molecule has 0 bridgehead atoms. The minimum Gasteiger partial charge on any atom is -0.855 e. The van der Waals surface area contributed by atoms with Crippen LogP contribution in [0.1, 0.15) is 71.1 Å². The van der Waals surface area contributed by atoms with Crippen molar-refractivity contribution in [3.63, 3.8) is 0 Å². The van der Waals surface area contributed by atoms with E-state index >= 15 is 0 Å². The number of unbranched alkanes of at least 4 members (excludes halogenated alkanes) is 7. The normalized spacial score (nSPS) is 8.27. The van der Waals surface area contributed by atoms with Gasteiger partial charge in [0, 0.05) is 11.9 Å². The van der Waals surface area contributed by atoms with Crippen molar-refractivity contribution in [2.24, 2.45) is 0 Å². The van der Waals surface area contributed by atoms with Gasteiger partial charge in [0.25, 0.3) is 0 Å². The molecular formula is C14H37N3O5. The monoisotopic (exact) mass is 327 g/mol. The Hall–Kier alpha value is -1.22. The van der Waals surface area contributed by atoms with E-state index in [0.717, 1.165) is 38.5 Å². The van der Waals surface area contributed by atoms with E-state index in [4.69, 9.17) is 5.11 Å². The first kappa shape index (κ1) is 32.7. The van der Waals surface area contributed by atoms with Gasteiger partial charge in [-0.15, -0.1) is 6.61 Å². The lowest BCUT2D eigenvalue weighted by Crippen LogP contribution is -2.21. The molecule has 0 saturated carbocycles. The van der Waals surface area contributed by atoms with E-state index in [1.807, 2.05) is 0 Å². The highest BCUT2D eigenvalue weighted by molar-refractivity contribution is 5.64. The maximum absolute atomic E-state index is 10.1. The minimum atomic E-state index is -0.970. The van der Waals surface area contributed by atoms with Gasteiger partial charge in [-0.05, 0) is 25.7 Å². The van der Waals surface area contributed by atoms with E-state index in [-0.39, 0.29) is 37.9 Å². The third-order valence-corrected chi connectivity index (χ3v) is 2.51. The van der Waals surface area contributed by atoms with Gasteiger partial charge >= 0.3 is 0 Å². The van der Waals surface area contributed by atoms with Crippen LogP contribution in [-0.2, 0) is 9.59 Å². The lowest BCUT2D eigenvalue weighted by molar-refractivity contribution is -0.361. The molecule has 0 amide bonds. The Balaban J connectivity index is -0.000000148. The summed E-state index contributed by atoms with van der Waals surface area (Å²) in [7, 11) is 0. The smallest absolute Gasteiger partial charge is 0.0414 e. The van der Waals surface area contributed by atoms with Gasteiger partial charge in [-0.2, -0.15) is 0 Å². The van der Waals surface area contributed by atoms with Crippen LogP contribution < -0.4 is 33.8 Å². The van der Waals surface area contributed by atoms with Crippen LogP contribution in [0.5, 0.6) is 0 Å². The summed E-state index contributed by atoms with van der Waals surface area (Å²) in [6, 6.07) is 0. The Morgan fingerprint density at radius 1 is 0.636 bits per heavy atom. The molecule has 0 aromatic carbocycles. The van der Waals surface area contributed by atoms with E-state index in [1.54, 1.807) is 6.92 Å². The molecule has 8 nitrogen and oxygen atoms in total. The first-order valence-corrected chi connectivity index (χ1v) is 7.02. The molecule has 0 radical (unpaired) electrons. The zero-order valence-electron chi connectivity index (χ0n) is 14.8. The number of carboxylic acids is 2. The number of hydrogen-bond acceptors (Lipinski definition) is 5. The number of carbonyl (C=O) groups is 2. The molecule has 0 aliphatic carbocycles. The van der Waals surface area contributed by atoms with Crippen molar-refractivity contribution in [1.29, 1.82) is 0 Å². The van der Waals surface area contributed by atoms with Gasteiger partial charge in [0.2, 0.25) is 0 Å². The fraction of sp³-hybridized carbons (Fsp3) is 0.857. The Labute approximate surface area is 134 Å². The summed E-state index contributed by atoms with van der Waals surface area (Å²) in [5.41, 5.74) is 0. The highest BCUT2D eigenvalue weighted by atomic mass is 16.4. The molecule has 22 heavy (non-hydrogen) atoms. The van der Waals surface area contributed by atoms with Gasteiger partial charge in [-0.25, -0.2) is 0 Å². The largest absolute Gasteiger partial charge is 0.855 e. The Kier molecular flexibility index (Phi) is 41.6. The van der Waals surface area contributed by atoms with Crippen molar-refractivity contribution >= 4 is 11.9 Å². The van der Waals surface area contributed by atoms with E-state index in [0.29, 0.717) is 12.8 Å². The number of carbonyl (C=O) groups excluding carboxylic acids is 2. The molecule has 0 atom stereocenters. The fourth-order valence-electron chi connectivity index (χ4n) is 1.60. The predicted molar refractivity (Wildman–Crippen MR) is 84.7 cm³/mol. The molecule has 0 fully saturated rings. The summed E-state index contributed by atoms with van der Waals surface area (Å²) in [5, 5.41) is 29.1. The van der Waals surface area contributed by atoms with Gasteiger partial charge in [0.1, 0.15) is 0 Å². The summed E-state index contributed by atoms with van der Waals surface area (Å²) in [6.45, 7) is 1.57. The second-order valence-electron chi connectivity index (χ2n) is 4.36. The summed E-state index contributed by atoms with van der Waals surface area (Å²) in [4.78, 5) is 20.2. The average molecular weight is 327 g/mol. The minimum absolute atomic E-state index is 0. The highest BCUT2D eigenvalue weighted by Gasteiger charge is 1.93. The van der Waals surface area contributed by atoms with Gasteiger partial charge in [0.05, 0.1) is 0 Å². The lowest BCUT2D eigenvalue weighted by atomic mass is 10.1. The molecule has 0 heterocycles. The number of hydrogen-bond donors (Lipinski definition) is 3. The molecule has 8 heteroatoms. The van der Waals surface area contributed by atoms with E-state index < -0.39 is 11.9 Å². The van der Waals surface area contributed by atoms with Gasteiger partial charge in [0.15, 0.2) is 0 Å². The zero-order valence-corrected chi connectivity index (χ0v) is 14.8. The van der Waals surface area contributed by atoms with Crippen LogP contribution in [-0.4, -0.2) is 18.5 Å². The van der Waals surface area contributed by atoms with Crippen molar-refractivity contribution in [1.82, 2.24) is 18.5 Å². The van der Waals surface area contributed by atoms with Crippen LogP contribution >= 0.6 is 0 Å². The molecule has 0 unspecified atom stereocenters. The first-order valence-electron chi connectivity index (χ1n) is 7.02. The quantitative estimate of drug-likeness (QED) is 0.469. The lowest BCUT2D eigenvalue weighted by Gasteiger charge is -2.03. The fourth-order valence-corrected chi connectivity index (χ4v) is 1.60. The zero-order chi connectivity index (χ0) is 14.9. The Bertz CT molecular complexity index is 207. The van der Waals surface area contributed by atoms with Crippen molar-refractivity contribution in [3.05, 3.63) is 0 Å². The molecule has 138 valence electrons. The predicted octanol–water partition coefficient (Wildman–Crippen LogP) is 0.882. The standard InChI is InChI=1S/C12H22O4.C2H5O.3H3N/c13-11(14)9-7-5-3-1-2-4-6-8-10-12(15)16;1-2-3;;;/h1-10H2,(H,13,14)(H,15,16);2H2,1H3;3*1H3/q;-1;;;/p+1. The SMILES string of the molecule is CC[O-].O=C([O-])CCCCCCCCCCC(=O)[O-].[NH4+].[NH4+].[NH4+]. The van der Waals surface area contributed by atoms with Crippen LogP contribution in [0.2, 0.25) is 0 Å². The van der Waals surface area contributed by atoms with Gasteiger partial charge in [-0.3, -0.25) is 0 Å². The molecule has 0 saturated heterocycles. The van der Waals surface area contributed by atoms with Crippen LogP contribution in [0.4, 0.5) is 0 Å². The summed E-state index contributed by atoms with van der Waals surface area (Å²) in [6.07, 6.45) is 7.88. The first-order chi connectivity index (χ1) is 9.04. The van der Waals surface area contributed by atoms with Gasteiger partial charge in [-0.1, -0.05) is 45.4 Å². The highest BCUT2D eigenvalue weighted by Crippen LogP contribution is 2.10. The van der Waals surface area contributed by atoms with Crippen molar-refractivity contribution in [2.75, 3.05) is 6.61 Å². The van der Waals surface area contributed by atoms with E-state index in [1.165, 1.54) is 0 Å². The maximum atomic E-state index is 10.1. The molecule has 12 N–H and O–H groups in total. The Morgan fingerprint density at radius 3 is 1.00 bits per heavy atom. The topological polar surface area (TPSA) is 213 Å². The van der Waals surface area contributed by atoms with Crippen molar-refractivity contribution < 1.29 is 24.9 Å². The van der Waals surface area contributed by atoms with Crippen LogP contribution in [0.15, 0.2) is 0 Å². The van der Waals surface area contributed by atoms with Crippen LogP contribution in [0.3, 0.4) is 0 Å². The second-order valence-corrected chi connectivity index (χ2v) is 4.36. The maximum Gasteiger partial charge on any atom is 0.0414 e. The third-order valence-electron chi connectivity index (χ3n) is 2.51. The van der Waals surface area contributed by atoms with E-state index in [2.05, 4.69) is 0 Å². The number of aliphatic carboxylic acids is 2. The van der Waals surface area contributed by atoms with E-state index in [9.17, 15) is 19.8 Å². The average Bonchev–Trinajstić information content (AvgIpc) is 2.32. The van der Waals surface area contributed by atoms with Crippen molar-refractivity contribution in [3.8, 4) is 0 Å². The second kappa shape index (κ2) is 28.0. The number of quaternary nitrogens is 3. The molecule has 0 aliphatic heterocycles. The van der Waals surface area contributed by atoms with Crippen molar-refractivity contribution in [2.45, 2.75) is 71.1 Å². The van der Waals surface area contributed by atoms with Crippen LogP contribution in [0.25, 0.3) is 0 Å². The molecule has 0 spiro atoms. The molecular weight excluding hydrogens is 290 g/mol. The van der Waals surface area contributed by atoms with Gasteiger partial charge < -0.3 is 43.4 Å². The summed E-state index contributed by atoms with van der Waals surface area (Å²) >= 11 is 0. The van der Waals surface area contributed by atoms with Crippen LogP contribution in [0, 0.1) is 0 Å². The molecule has 0 aliphatic rings. The molecule has 0 rings (SSSR count). The third kappa shape index (κ3) is 42.8. The number of carboxylic acid groups (broad SMARTS) is 2. The number of rotatable bonds is 11. The summed E-state index contributed by atoms with van der Waals surface area (Å²) in [5.74, 6) is -1.94.